The van der Waals surface area contributed by atoms with Crippen LogP contribution in [0.2, 0.25) is 0 Å². The summed E-state index contributed by atoms with van der Waals surface area (Å²) in [5, 5.41) is 8.18. The van der Waals surface area contributed by atoms with Crippen LogP contribution in [0.3, 0.4) is 0 Å². The van der Waals surface area contributed by atoms with Crippen molar-refractivity contribution in [2.45, 2.75) is 6.92 Å². The number of hydrogen-bond acceptors (Lipinski definition) is 4. The lowest BCUT2D eigenvalue weighted by Crippen LogP contribution is -2.18. The lowest BCUT2D eigenvalue weighted by Gasteiger charge is -2.19. The summed E-state index contributed by atoms with van der Waals surface area (Å²) in [6, 6.07) is 3.87. The minimum atomic E-state index is 0.691. The minimum Gasteiger partial charge on any atom is -0.489 e. The van der Waals surface area contributed by atoms with Crippen LogP contribution >= 0.6 is 0 Å². The Bertz CT molecular complexity index is 490. The molecule has 0 radical (unpaired) electrons. The third kappa shape index (κ3) is 0.907. The van der Waals surface area contributed by atoms with Crippen LogP contribution in [0.4, 0.5) is 5.69 Å². The summed E-state index contributed by atoms with van der Waals surface area (Å²) in [6.45, 7) is 3.46. The number of aromatic nitrogens is 1. The zero-order valence-electron chi connectivity index (χ0n) is 7.83. The second kappa shape index (κ2) is 2.64. The maximum absolute atomic E-state index is 5.61. The first kappa shape index (κ1) is 7.67. The Morgan fingerprint density at radius 1 is 1.43 bits per heavy atom. The highest BCUT2D eigenvalue weighted by Gasteiger charge is 2.17. The van der Waals surface area contributed by atoms with Gasteiger partial charge in [-0.2, -0.15) is 0 Å². The number of anilines is 1. The molecule has 0 atom stereocenters. The molecule has 3 rings (SSSR count). The number of nitrogens with one attached hydrogen (secondary N) is 1. The summed E-state index contributed by atoms with van der Waals surface area (Å²) in [7, 11) is 0. The molecule has 1 aromatic heterocycles. The van der Waals surface area contributed by atoms with Crippen molar-refractivity contribution in [1.82, 2.24) is 5.16 Å². The van der Waals surface area contributed by atoms with E-state index >= 15 is 0 Å². The molecule has 0 aliphatic carbocycles. The number of fused-ring (bicyclic) bond motifs is 3. The van der Waals surface area contributed by atoms with E-state index in [1.165, 1.54) is 0 Å². The molecular weight excluding hydrogens is 180 g/mol. The normalized spacial score (nSPS) is 14.6. The van der Waals surface area contributed by atoms with E-state index in [1.54, 1.807) is 0 Å². The zero-order valence-corrected chi connectivity index (χ0v) is 7.83. The molecular formula is C10H10N2O2. The van der Waals surface area contributed by atoms with Gasteiger partial charge in [0, 0.05) is 6.54 Å². The molecule has 1 N–H and O–H groups in total. The molecule has 0 amide bonds. The predicted octanol–water partition coefficient (Wildman–Crippen LogP) is 1.94. The molecule has 1 aliphatic rings. The Hall–Kier alpha value is -1.71. The van der Waals surface area contributed by atoms with Crippen LogP contribution in [-0.2, 0) is 0 Å². The predicted molar refractivity (Wildman–Crippen MR) is 52.7 cm³/mol. The molecule has 0 saturated carbocycles. The number of rotatable bonds is 0. The van der Waals surface area contributed by atoms with Gasteiger partial charge in [0.1, 0.15) is 6.61 Å². The number of nitrogens with zero attached hydrogens (tertiary/aromatic N) is 1. The Labute approximate surface area is 80.8 Å². The van der Waals surface area contributed by atoms with Crippen molar-refractivity contribution in [3.05, 3.63) is 17.8 Å². The fourth-order valence-corrected chi connectivity index (χ4v) is 1.77. The van der Waals surface area contributed by atoms with Gasteiger partial charge in [-0.3, -0.25) is 0 Å². The minimum absolute atomic E-state index is 0.691. The maximum Gasteiger partial charge on any atom is 0.171 e. The van der Waals surface area contributed by atoms with Crippen LogP contribution in [0.15, 0.2) is 16.7 Å². The van der Waals surface area contributed by atoms with Gasteiger partial charge < -0.3 is 14.6 Å². The molecule has 14 heavy (non-hydrogen) atoms. The summed E-state index contributed by atoms with van der Waals surface area (Å²) >= 11 is 0. The van der Waals surface area contributed by atoms with Crippen molar-refractivity contribution in [1.29, 1.82) is 0 Å². The van der Waals surface area contributed by atoms with Crippen molar-refractivity contribution >= 4 is 16.7 Å². The molecule has 2 heterocycles. The average Bonchev–Trinajstić information content (AvgIpc) is 2.61. The molecule has 1 aromatic carbocycles. The van der Waals surface area contributed by atoms with E-state index in [0.717, 1.165) is 34.6 Å². The van der Waals surface area contributed by atoms with Gasteiger partial charge in [-0.15, -0.1) is 0 Å². The lowest BCUT2D eigenvalue weighted by molar-refractivity contribution is 0.327. The Balaban J connectivity index is 2.38. The Morgan fingerprint density at radius 2 is 2.36 bits per heavy atom. The fourth-order valence-electron chi connectivity index (χ4n) is 1.77. The Morgan fingerprint density at radius 3 is 3.29 bits per heavy atom. The highest BCUT2D eigenvalue weighted by atomic mass is 16.5. The lowest BCUT2D eigenvalue weighted by atomic mass is 10.1. The van der Waals surface area contributed by atoms with Crippen LogP contribution in [0.25, 0.3) is 11.0 Å². The van der Waals surface area contributed by atoms with E-state index in [1.807, 2.05) is 19.1 Å². The monoisotopic (exact) mass is 190 g/mol. The standard InChI is InChI=1S/C10H10N2O2/c1-6-9-8(14-12-6)3-2-7-10(9)13-5-4-11-7/h2-3,11H,4-5H2,1H3. The van der Waals surface area contributed by atoms with Crippen molar-refractivity contribution < 1.29 is 9.26 Å². The first-order valence-corrected chi connectivity index (χ1v) is 4.62. The van der Waals surface area contributed by atoms with Crippen LogP contribution in [-0.4, -0.2) is 18.3 Å². The summed E-state index contributed by atoms with van der Waals surface area (Å²) in [4.78, 5) is 0. The second-order valence-electron chi connectivity index (χ2n) is 3.36. The zero-order chi connectivity index (χ0) is 9.54. The van der Waals surface area contributed by atoms with Gasteiger partial charge in [-0.1, -0.05) is 5.16 Å². The number of hydrogen-bond donors (Lipinski definition) is 1. The van der Waals surface area contributed by atoms with E-state index < -0.39 is 0 Å². The molecule has 0 saturated heterocycles. The summed E-state index contributed by atoms with van der Waals surface area (Å²) in [5.74, 6) is 0.868. The number of ether oxygens (including phenoxy) is 1. The number of benzene rings is 1. The maximum atomic E-state index is 5.61. The van der Waals surface area contributed by atoms with Crippen LogP contribution in [0.5, 0.6) is 5.75 Å². The Kier molecular flexibility index (Phi) is 1.45. The van der Waals surface area contributed by atoms with Crippen molar-refractivity contribution in [3.8, 4) is 5.75 Å². The van der Waals surface area contributed by atoms with Gasteiger partial charge >= 0.3 is 0 Å². The van der Waals surface area contributed by atoms with Gasteiger partial charge in [-0.05, 0) is 19.1 Å². The highest BCUT2D eigenvalue weighted by Crippen LogP contribution is 2.37. The first-order chi connectivity index (χ1) is 6.86. The molecule has 0 bridgehead atoms. The second-order valence-corrected chi connectivity index (χ2v) is 3.36. The molecule has 0 spiro atoms. The van der Waals surface area contributed by atoms with Gasteiger partial charge in [0.2, 0.25) is 0 Å². The largest absolute Gasteiger partial charge is 0.489 e. The molecule has 2 aromatic rings. The SMILES string of the molecule is Cc1noc2ccc3c(c12)OCCN3. The molecule has 4 heteroatoms. The summed E-state index contributed by atoms with van der Waals surface area (Å²) < 4.78 is 10.8. The van der Waals surface area contributed by atoms with Gasteiger partial charge in [0.25, 0.3) is 0 Å². The topological polar surface area (TPSA) is 47.3 Å². The third-order valence-corrected chi connectivity index (χ3v) is 2.43. The van der Waals surface area contributed by atoms with Gasteiger partial charge in [0.15, 0.2) is 11.3 Å². The summed E-state index contributed by atoms with van der Waals surface area (Å²) in [6.07, 6.45) is 0. The molecule has 1 aliphatic heterocycles. The van der Waals surface area contributed by atoms with Crippen LogP contribution < -0.4 is 10.1 Å². The smallest absolute Gasteiger partial charge is 0.171 e. The van der Waals surface area contributed by atoms with Crippen molar-refractivity contribution in [3.63, 3.8) is 0 Å². The highest BCUT2D eigenvalue weighted by molar-refractivity contribution is 5.92. The first-order valence-electron chi connectivity index (χ1n) is 4.62. The quantitative estimate of drug-likeness (QED) is 0.689. The van der Waals surface area contributed by atoms with E-state index in [0.29, 0.717) is 6.61 Å². The molecule has 4 nitrogen and oxygen atoms in total. The fraction of sp³-hybridized carbons (Fsp3) is 0.300. The van der Waals surface area contributed by atoms with E-state index in [9.17, 15) is 0 Å². The molecule has 0 unspecified atom stereocenters. The molecule has 72 valence electrons. The van der Waals surface area contributed by atoms with Crippen molar-refractivity contribution in [2.24, 2.45) is 0 Å². The van der Waals surface area contributed by atoms with E-state index in [-0.39, 0.29) is 0 Å². The van der Waals surface area contributed by atoms with Gasteiger partial charge in [-0.25, -0.2) is 0 Å². The van der Waals surface area contributed by atoms with E-state index in [4.69, 9.17) is 9.26 Å². The van der Waals surface area contributed by atoms with E-state index in [2.05, 4.69) is 10.5 Å². The van der Waals surface area contributed by atoms with Crippen molar-refractivity contribution in [2.75, 3.05) is 18.5 Å². The average molecular weight is 190 g/mol. The van der Waals surface area contributed by atoms with Gasteiger partial charge in [0.05, 0.1) is 16.8 Å². The summed E-state index contributed by atoms with van der Waals surface area (Å²) in [5.41, 5.74) is 2.68. The van der Waals surface area contributed by atoms with Crippen LogP contribution in [0, 0.1) is 6.92 Å². The third-order valence-electron chi connectivity index (χ3n) is 2.43. The van der Waals surface area contributed by atoms with Crippen LogP contribution in [0.1, 0.15) is 5.69 Å². The number of aryl methyl sites for hydroxylation is 1. The molecule has 0 fully saturated rings.